The number of para-hydroxylation sites is 1. The van der Waals surface area contributed by atoms with Gasteiger partial charge in [0.2, 0.25) is 5.91 Å². The number of aromatic amines is 1. The molecule has 156 valence electrons. The van der Waals surface area contributed by atoms with Crippen molar-refractivity contribution in [1.82, 2.24) is 15.3 Å². The summed E-state index contributed by atoms with van der Waals surface area (Å²) in [5.74, 6) is 0.665. The Morgan fingerprint density at radius 1 is 1.10 bits per heavy atom. The lowest BCUT2D eigenvalue weighted by Gasteiger charge is -2.30. The normalized spacial score (nSPS) is 15.4. The van der Waals surface area contributed by atoms with Gasteiger partial charge in [-0.1, -0.05) is 48.7 Å². The predicted molar refractivity (Wildman–Crippen MR) is 120 cm³/mol. The van der Waals surface area contributed by atoms with Gasteiger partial charge in [0.05, 0.1) is 10.9 Å². The highest BCUT2D eigenvalue weighted by Gasteiger charge is 2.35. The second-order valence-electron chi connectivity index (χ2n) is 8.15. The van der Waals surface area contributed by atoms with Gasteiger partial charge in [0, 0.05) is 29.8 Å². The van der Waals surface area contributed by atoms with Gasteiger partial charge in [-0.05, 0) is 49.1 Å². The number of H-pyrrole nitrogens is 1. The van der Waals surface area contributed by atoms with Crippen LogP contribution in [-0.4, -0.2) is 22.4 Å². The second-order valence-corrected chi connectivity index (χ2v) is 8.59. The van der Waals surface area contributed by atoms with Crippen LogP contribution in [0.1, 0.15) is 49.9 Å². The third-order valence-corrected chi connectivity index (χ3v) is 6.37. The highest BCUT2D eigenvalue weighted by atomic mass is 35.5. The van der Waals surface area contributed by atoms with Crippen LogP contribution in [0.2, 0.25) is 5.02 Å². The Labute approximate surface area is 180 Å². The molecule has 2 aromatic carbocycles. The zero-order chi connectivity index (χ0) is 21.0. The number of carbonyl (C=O) groups excluding carboxylic acids is 1. The van der Waals surface area contributed by atoms with E-state index in [9.17, 15) is 9.59 Å². The average molecular weight is 424 g/mol. The molecule has 4 rings (SSSR count). The van der Waals surface area contributed by atoms with Crippen molar-refractivity contribution in [3.8, 4) is 0 Å². The molecular weight excluding hydrogens is 398 g/mol. The zero-order valence-corrected chi connectivity index (χ0v) is 17.7. The van der Waals surface area contributed by atoms with Crippen molar-refractivity contribution < 1.29 is 4.79 Å². The molecule has 1 aliphatic carbocycles. The smallest absolute Gasteiger partial charge is 0.258 e. The lowest BCUT2D eigenvalue weighted by atomic mass is 9.79. The minimum Gasteiger partial charge on any atom is -0.355 e. The highest BCUT2D eigenvalue weighted by Crippen LogP contribution is 2.40. The molecule has 0 unspecified atom stereocenters. The number of aryl methyl sites for hydroxylation is 1. The number of fused-ring (bicyclic) bond motifs is 1. The third-order valence-electron chi connectivity index (χ3n) is 6.12. The largest absolute Gasteiger partial charge is 0.355 e. The third kappa shape index (κ3) is 4.57. The summed E-state index contributed by atoms with van der Waals surface area (Å²) in [5, 5.41) is 4.46. The predicted octanol–water partition coefficient (Wildman–Crippen LogP) is 4.53. The molecule has 3 aromatic rings. The van der Waals surface area contributed by atoms with Crippen LogP contribution in [0.25, 0.3) is 10.9 Å². The van der Waals surface area contributed by atoms with E-state index in [4.69, 9.17) is 11.6 Å². The minimum atomic E-state index is -0.133. The highest BCUT2D eigenvalue weighted by molar-refractivity contribution is 6.30. The van der Waals surface area contributed by atoms with Crippen LogP contribution in [0.3, 0.4) is 0 Å². The van der Waals surface area contributed by atoms with Crippen molar-refractivity contribution in [3.05, 3.63) is 75.3 Å². The molecule has 1 amide bonds. The van der Waals surface area contributed by atoms with E-state index in [1.165, 1.54) is 18.4 Å². The van der Waals surface area contributed by atoms with E-state index in [1.807, 2.05) is 30.3 Å². The van der Waals surface area contributed by atoms with Gasteiger partial charge in [0.15, 0.2) is 0 Å². The van der Waals surface area contributed by atoms with Crippen LogP contribution in [0.4, 0.5) is 0 Å². The fourth-order valence-electron chi connectivity index (χ4n) is 4.45. The van der Waals surface area contributed by atoms with Gasteiger partial charge >= 0.3 is 0 Å². The Morgan fingerprint density at radius 3 is 2.60 bits per heavy atom. The van der Waals surface area contributed by atoms with Crippen molar-refractivity contribution >= 4 is 28.4 Å². The first kappa shape index (κ1) is 20.6. The summed E-state index contributed by atoms with van der Waals surface area (Å²) in [6.07, 6.45) is 6.14. The number of hydrogen-bond donors (Lipinski definition) is 2. The molecule has 5 nitrogen and oxygen atoms in total. The van der Waals surface area contributed by atoms with E-state index in [2.05, 4.69) is 27.4 Å². The van der Waals surface area contributed by atoms with E-state index < -0.39 is 0 Å². The van der Waals surface area contributed by atoms with E-state index in [0.29, 0.717) is 42.5 Å². The molecule has 1 fully saturated rings. The van der Waals surface area contributed by atoms with Crippen molar-refractivity contribution in [2.45, 2.75) is 50.4 Å². The lowest BCUT2D eigenvalue weighted by Crippen LogP contribution is -2.39. The molecule has 1 aromatic heterocycles. The van der Waals surface area contributed by atoms with E-state index >= 15 is 0 Å². The molecule has 1 saturated carbocycles. The van der Waals surface area contributed by atoms with Crippen LogP contribution >= 0.6 is 11.6 Å². The quantitative estimate of drug-likeness (QED) is 0.586. The van der Waals surface area contributed by atoms with Crippen molar-refractivity contribution in [2.75, 3.05) is 6.54 Å². The topological polar surface area (TPSA) is 74.8 Å². The maximum absolute atomic E-state index is 12.5. The number of rotatable bonds is 7. The number of carbonyl (C=O) groups is 1. The van der Waals surface area contributed by atoms with Gasteiger partial charge in [0.1, 0.15) is 5.82 Å². The Bertz CT molecular complexity index is 1090. The van der Waals surface area contributed by atoms with Gasteiger partial charge in [0.25, 0.3) is 5.56 Å². The number of nitrogens with zero attached hydrogens (tertiary/aromatic N) is 1. The lowest BCUT2D eigenvalue weighted by molar-refractivity contribution is -0.121. The Balaban J connectivity index is 1.32. The van der Waals surface area contributed by atoms with Crippen molar-refractivity contribution in [2.24, 2.45) is 0 Å². The van der Waals surface area contributed by atoms with E-state index in [-0.39, 0.29) is 16.9 Å². The molecular formula is C24H26ClN3O2. The maximum atomic E-state index is 12.5. The SMILES string of the molecule is O=C(CCCc1nc2ccccc2c(=O)[nH]1)NCC1(c2ccc(Cl)cc2)CCCC1. The Hall–Kier alpha value is -2.66. The zero-order valence-electron chi connectivity index (χ0n) is 16.9. The molecule has 0 spiro atoms. The number of benzene rings is 2. The number of amides is 1. The first-order valence-electron chi connectivity index (χ1n) is 10.6. The van der Waals surface area contributed by atoms with Crippen LogP contribution in [0, 0.1) is 0 Å². The number of hydrogen-bond acceptors (Lipinski definition) is 3. The van der Waals surface area contributed by atoms with Crippen LogP contribution < -0.4 is 10.9 Å². The summed E-state index contributed by atoms with van der Waals surface area (Å²) in [6, 6.07) is 15.3. The van der Waals surface area contributed by atoms with Gasteiger partial charge in [-0.15, -0.1) is 0 Å². The maximum Gasteiger partial charge on any atom is 0.258 e. The number of nitrogens with one attached hydrogen (secondary N) is 2. The van der Waals surface area contributed by atoms with Crippen LogP contribution in [0.15, 0.2) is 53.3 Å². The molecule has 6 heteroatoms. The van der Waals surface area contributed by atoms with Gasteiger partial charge in [-0.25, -0.2) is 4.98 Å². The summed E-state index contributed by atoms with van der Waals surface area (Å²) in [6.45, 7) is 0.651. The van der Waals surface area contributed by atoms with Gasteiger partial charge < -0.3 is 10.3 Å². The molecule has 0 atom stereocenters. The molecule has 2 N–H and O–H groups in total. The molecule has 1 aliphatic rings. The minimum absolute atomic E-state index is 0.00534. The standard InChI is InChI=1S/C24H26ClN3O2/c25-18-12-10-17(11-13-18)24(14-3-4-15-24)16-26-22(29)9-5-8-21-27-20-7-2-1-6-19(20)23(30)28-21/h1-2,6-7,10-13H,3-5,8-9,14-16H2,(H,26,29)(H,27,28,30). The number of aromatic nitrogens is 2. The average Bonchev–Trinajstić information content (AvgIpc) is 3.23. The van der Waals surface area contributed by atoms with Crippen molar-refractivity contribution in [1.29, 1.82) is 0 Å². The van der Waals surface area contributed by atoms with Gasteiger partial charge in [-0.2, -0.15) is 0 Å². The first-order valence-corrected chi connectivity index (χ1v) is 10.9. The van der Waals surface area contributed by atoms with Crippen molar-refractivity contribution in [3.63, 3.8) is 0 Å². The summed E-state index contributed by atoms with van der Waals surface area (Å²) in [4.78, 5) is 32.0. The summed E-state index contributed by atoms with van der Waals surface area (Å²) in [7, 11) is 0. The summed E-state index contributed by atoms with van der Waals surface area (Å²) >= 11 is 6.04. The van der Waals surface area contributed by atoms with Crippen LogP contribution in [-0.2, 0) is 16.6 Å². The first-order chi connectivity index (χ1) is 14.6. The molecule has 0 bridgehead atoms. The molecule has 1 heterocycles. The molecule has 0 radical (unpaired) electrons. The Morgan fingerprint density at radius 2 is 1.83 bits per heavy atom. The number of halogens is 1. The molecule has 30 heavy (non-hydrogen) atoms. The monoisotopic (exact) mass is 423 g/mol. The summed E-state index contributed by atoms with van der Waals surface area (Å²) in [5.41, 5.74) is 1.81. The fraction of sp³-hybridized carbons (Fsp3) is 0.375. The molecule has 0 saturated heterocycles. The second kappa shape index (κ2) is 9.00. The van der Waals surface area contributed by atoms with Crippen LogP contribution in [0.5, 0.6) is 0 Å². The molecule has 0 aliphatic heterocycles. The Kier molecular flexibility index (Phi) is 6.18. The van der Waals surface area contributed by atoms with E-state index in [1.54, 1.807) is 6.07 Å². The van der Waals surface area contributed by atoms with Gasteiger partial charge in [-0.3, -0.25) is 9.59 Å². The van der Waals surface area contributed by atoms with E-state index in [0.717, 1.165) is 17.9 Å². The fourth-order valence-corrected chi connectivity index (χ4v) is 4.57. The summed E-state index contributed by atoms with van der Waals surface area (Å²) < 4.78 is 0.